The topological polar surface area (TPSA) is 78.9 Å². The molecule has 1 fully saturated rings. The molecular formula is C16H21FN2O4. The number of ether oxygens (including phenoxy) is 1. The van der Waals surface area contributed by atoms with Crippen molar-refractivity contribution in [3.63, 3.8) is 0 Å². The Balaban J connectivity index is 1.75. The smallest absolute Gasteiger partial charge is 0.317 e. The van der Waals surface area contributed by atoms with Gasteiger partial charge in [0.05, 0.1) is 12.5 Å². The van der Waals surface area contributed by atoms with Gasteiger partial charge in [0, 0.05) is 19.2 Å². The normalized spacial score (nSPS) is 20.9. The summed E-state index contributed by atoms with van der Waals surface area (Å²) in [7, 11) is 0. The van der Waals surface area contributed by atoms with Crippen LogP contribution in [-0.4, -0.2) is 48.2 Å². The van der Waals surface area contributed by atoms with E-state index < -0.39 is 11.9 Å². The zero-order chi connectivity index (χ0) is 16.8. The third-order valence-electron chi connectivity index (χ3n) is 3.74. The number of carboxylic acids is 1. The van der Waals surface area contributed by atoms with Crippen molar-refractivity contribution in [1.82, 2.24) is 10.2 Å². The van der Waals surface area contributed by atoms with Gasteiger partial charge in [0.1, 0.15) is 18.2 Å². The number of hydrogen-bond acceptors (Lipinski definition) is 3. The molecule has 0 bridgehead atoms. The first kappa shape index (κ1) is 17.1. The van der Waals surface area contributed by atoms with Gasteiger partial charge >= 0.3 is 12.0 Å². The van der Waals surface area contributed by atoms with Crippen molar-refractivity contribution in [3.05, 3.63) is 30.1 Å². The van der Waals surface area contributed by atoms with Gasteiger partial charge in [0.2, 0.25) is 0 Å². The molecule has 0 aromatic heterocycles. The summed E-state index contributed by atoms with van der Waals surface area (Å²) in [5.41, 5.74) is 0. The van der Waals surface area contributed by atoms with Crippen molar-refractivity contribution in [3.8, 4) is 5.75 Å². The van der Waals surface area contributed by atoms with Crippen LogP contribution in [0, 0.1) is 17.7 Å². The molecule has 23 heavy (non-hydrogen) atoms. The minimum Gasteiger partial charge on any atom is -0.492 e. The predicted molar refractivity (Wildman–Crippen MR) is 81.8 cm³/mol. The fraction of sp³-hybridized carbons (Fsp3) is 0.500. The Morgan fingerprint density at radius 3 is 2.91 bits per heavy atom. The van der Waals surface area contributed by atoms with Gasteiger partial charge in [-0.05, 0) is 24.5 Å². The highest BCUT2D eigenvalue weighted by atomic mass is 19.1. The van der Waals surface area contributed by atoms with Gasteiger partial charge in [-0.15, -0.1) is 0 Å². The first-order valence-corrected chi connectivity index (χ1v) is 7.59. The van der Waals surface area contributed by atoms with Gasteiger partial charge in [0.25, 0.3) is 0 Å². The second kappa shape index (κ2) is 7.80. The summed E-state index contributed by atoms with van der Waals surface area (Å²) in [4.78, 5) is 24.7. The van der Waals surface area contributed by atoms with E-state index in [0.29, 0.717) is 18.7 Å². The van der Waals surface area contributed by atoms with Crippen molar-refractivity contribution >= 4 is 12.0 Å². The van der Waals surface area contributed by atoms with E-state index in [1.54, 1.807) is 12.1 Å². The molecule has 2 amide bonds. The average Bonchev–Trinajstić information content (AvgIpc) is 2.50. The summed E-state index contributed by atoms with van der Waals surface area (Å²) < 4.78 is 18.3. The molecule has 0 radical (unpaired) electrons. The predicted octanol–water partition coefficient (Wildman–Crippen LogP) is 1.96. The van der Waals surface area contributed by atoms with Crippen molar-refractivity contribution in [2.45, 2.75) is 13.3 Å². The molecule has 7 heteroatoms. The second-order valence-corrected chi connectivity index (χ2v) is 5.82. The van der Waals surface area contributed by atoms with E-state index in [1.165, 1.54) is 17.0 Å². The molecule has 2 atom stereocenters. The molecule has 2 N–H and O–H groups in total. The maximum absolute atomic E-state index is 13.0. The lowest BCUT2D eigenvalue weighted by molar-refractivity contribution is -0.143. The Labute approximate surface area is 134 Å². The number of rotatable bonds is 5. The van der Waals surface area contributed by atoms with E-state index in [0.717, 1.165) is 0 Å². The second-order valence-electron chi connectivity index (χ2n) is 5.82. The molecule has 1 heterocycles. The number of amides is 2. The van der Waals surface area contributed by atoms with E-state index in [2.05, 4.69) is 5.32 Å². The van der Waals surface area contributed by atoms with E-state index >= 15 is 0 Å². The highest BCUT2D eigenvalue weighted by molar-refractivity contribution is 5.76. The Morgan fingerprint density at radius 2 is 2.22 bits per heavy atom. The number of benzene rings is 1. The molecule has 1 aliphatic rings. The van der Waals surface area contributed by atoms with Crippen molar-refractivity contribution in [2.75, 3.05) is 26.2 Å². The van der Waals surface area contributed by atoms with Crippen LogP contribution in [0.1, 0.15) is 13.3 Å². The molecule has 0 spiro atoms. The number of likely N-dealkylation sites (tertiary alicyclic amines) is 1. The summed E-state index contributed by atoms with van der Waals surface area (Å²) in [6, 6.07) is 5.47. The van der Waals surface area contributed by atoms with E-state index in [9.17, 15) is 14.0 Å². The summed E-state index contributed by atoms with van der Waals surface area (Å²) >= 11 is 0. The van der Waals surface area contributed by atoms with Crippen molar-refractivity contribution < 1.29 is 23.8 Å². The van der Waals surface area contributed by atoms with Crippen LogP contribution >= 0.6 is 0 Å². The molecule has 1 aliphatic heterocycles. The Morgan fingerprint density at radius 1 is 1.43 bits per heavy atom. The zero-order valence-corrected chi connectivity index (χ0v) is 13.0. The van der Waals surface area contributed by atoms with Gasteiger partial charge in [-0.25, -0.2) is 9.18 Å². The molecule has 2 unspecified atom stereocenters. The largest absolute Gasteiger partial charge is 0.492 e. The van der Waals surface area contributed by atoms with E-state index in [1.807, 2.05) is 6.92 Å². The van der Waals surface area contributed by atoms with Crippen LogP contribution in [0.15, 0.2) is 24.3 Å². The zero-order valence-electron chi connectivity index (χ0n) is 13.0. The van der Waals surface area contributed by atoms with Gasteiger partial charge in [0.15, 0.2) is 0 Å². The Bertz CT molecular complexity index is 567. The molecular weight excluding hydrogens is 303 g/mol. The number of carboxylic acid groups (broad SMARTS) is 1. The maximum Gasteiger partial charge on any atom is 0.317 e. The Hall–Kier alpha value is -2.31. The van der Waals surface area contributed by atoms with Crippen LogP contribution in [0.25, 0.3) is 0 Å². The highest BCUT2D eigenvalue weighted by Crippen LogP contribution is 2.21. The number of hydrogen-bond donors (Lipinski definition) is 2. The standard InChI is InChI=1S/C16H21FN2O4/c1-11-7-12(15(20)21)10-19(9-11)16(22)18-5-6-23-14-4-2-3-13(17)8-14/h2-4,8,11-12H,5-7,9-10H2,1H3,(H,18,22)(H,20,21). The number of nitrogens with zero attached hydrogens (tertiary/aromatic N) is 1. The SMILES string of the molecule is CC1CC(C(=O)O)CN(C(=O)NCCOc2cccc(F)c2)C1. The van der Waals surface area contributed by atoms with Gasteiger partial charge in [-0.1, -0.05) is 13.0 Å². The van der Waals surface area contributed by atoms with E-state index in [-0.39, 0.29) is 37.5 Å². The van der Waals surface area contributed by atoms with Crippen molar-refractivity contribution in [2.24, 2.45) is 11.8 Å². The minimum absolute atomic E-state index is 0.152. The molecule has 1 saturated heterocycles. The third kappa shape index (κ3) is 5.12. The molecule has 126 valence electrons. The van der Waals surface area contributed by atoms with Crippen LogP contribution in [0.3, 0.4) is 0 Å². The number of carbonyl (C=O) groups is 2. The van der Waals surface area contributed by atoms with Crippen LogP contribution in [0.2, 0.25) is 0 Å². The van der Waals surface area contributed by atoms with Crippen molar-refractivity contribution in [1.29, 1.82) is 0 Å². The molecule has 0 aliphatic carbocycles. The third-order valence-corrected chi connectivity index (χ3v) is 3.74. The quantitative estimate of drug-likeness (QED) is 0.812. The number of aliphatic carboxylic acids is 1. The summed E-state index contributed by atoms with van der Waals surface area (Å²) in [6.45, 7) is 3.16. The lowest BCUT2D eigenvalue weighted by Gasteiger charge is -2.34. The van der Waals surface area contributed by atoms with Crippen LogP contribution in [-0.2, 0) is 4.79 Å². The fourth-order valence-corrected chi connectivity index (χ4v) is 2.69. The summed E-state index contributed by atoms with van der Waals surface area (Å²) in [6.07, 6.45) is 0.585. The summed E-state index contributed by atoms with van der Waals surface area (Å²) in [5.74, 6) is -1.22. The molecule has 0 saturated carbocycles. The molecule has 1 aromatic rings. The number of halogens is 1. The average molecular weight is 324 g/mol. The van der Waals surface area contributed by atoms with E-state index in [4.69, 9.17) is 9.84 Å². The fourth-order valence-electron chi connectivity index (χ4n) is 2.69. The lowest BCUT2D eigenvalue weighted by atomic mass is 9.91. The van der Waals surface area contributed by atoms with Gasteiger partial charge in [-0.2, -0.15) is 0 Å². The number of piperidine rings is 1. The monoisotopic (exact) mass is 324 g/mol. The van der Waals surface area contributed by atoms with Crippen LogP contribution in [0.5, 0.6) is 5.75 Å². The molecule has 2 rings (SSSR count). The van der Waals surface area contributed by atoms with Gasteiger partial charge in [-0.3, -0.25) is 4.79 Å². The Kier molecular flexibility index (Phi) is 5.78. The highest BCUT2D eigenvalue weighted by Gasteiger charge is 2.31. The lowest BCUT2D eigenvalue weighted by Crippen LogP contribution is -2.50. The summed E-state index contributed by atoms with van der Waals surface area (Å²) in [5, 5.41) is 11.8. The number of nitrogens with one attached hydrogen (secondary N) is 1. The first-order chi connectivity index (χ1) is 11.0. The van der Waals surface area contributed by atoms with Crippen LogP contribution < -0.4 is 10.1 Å². The molecule has 6 nitrogen and oxygen atoms in total. The first-order valence-electron chi connectivity index (χ1n) is 7.59. The molecule has 1 aromatic carbocycles. The number of carbonyl (C=O) groups excluding carboxylic acids is 1. The number of urea groups is 1. The van der Waals surface area contributed by atoms with Crippen LogP contribution in [0.4, 0.5) is 9.18 Å². The minimum atomic E-state index is -0.871. The van der Waals surface area contributed by atoms with Gasteiger partial charge < -0.3 is 20.1 Å². The maximum atomic E-state index is 13.0.